The molecule has 5 heteroatoms. The minimum absolute atomic E-state index is 0.0667. The second-order valence-corrected chi connectivity index (χ2v) is 10.1. The Hall–Kier alpha value is -2.92. The molecule has 4 rings (SSSR count). The lowest BCUT2D eigenvalue weighted by molar-refractivity contribution is -0.127. The van der Waals surface area contributed by atoms with Crippen LogP contribution in [-0.2, 0) is 16.0 Å². The van der Waals surface area contributed by atoms with Gasteiger partial charge in [0.15, 0.2) is 0 Å². The molecule has 1 aliphatic carbocycles. The molecule has 2 amide bonds. The summed E-state index contributed by atoms with van der Waals surface area (Å²) in [6, 6.07) is 17.3. The van der Waals surface area contributed by atoms with Crippen LogP contribution in [0, 0.1) is 20.8 Å². The molecule has 1 aliphatic rings. The molecular formula is C28H32N2O2S. The highest BCUT2D eigenvalue weighted by molar-refractivity contribution is 7.10. The molecule has 2 aromatic carbocycles. The zero-order chi connectivity index (χ0) is 23.4. The molecule has 0 aliphatic heterocycles. The van der Waals surface area contributed by atoms with Gasteiger partial charge in [-0.05, 0) is 61.7 Å². The van der Waals surface area contributed by atoms with Gasteiger partial charge >= 0.3 is 0 Å². The second kappa shape index (κ2) is 10.3. The van der Waals surface area contributed by atoms with Crippen molar-refractivity contribution in [2.45, 2.75) is 65.0 Å². The largest absolute Gasteiger partial charge is 0.351 e. The molecular weight excluding hydrogens is 428 g/mol. The van der Waals surface area contributed by atoms with E-state index >= 15 is 0 Å². The highest BCUT2D eigenvalue weighted by atomic mass is 32.1. The fourth-order valence-corrected chi connectivity index (χ4v) is 5.70. The standard InChI is InChI=1S/C28H32N2O2S/c1-19-16-20(2)26(21(3)17-19)30(25(31)18-24-14-9-15-33-24)27(22-10-5-4-6-11-22)28(32)29-23-12-7-8-13-23/h4-6,9-11,14-17,23,27H,7-8,12-13,18H2,1-3H3,(H,29,32). The zero-order valence-corrected chi connectivity index (χ0v) is 20.5. The summed E-state index contributed by atoms with van der Waals surface area (Å²) in [4.78, 5) is 30.5. The van der Waals surface area contributed by atoms with E-state index in [0.29, 0.717) is 0 Å². The van der Waals surface area contributed by atoms with Crippen LogP contribution < -0.4 is 10.2 Å². The number of amides is 2. The third-order valence-corrected chi connectivity index (χ3v) is 7.25. The Balaban J connectivity index is 1.82. The van der Waals surface area contributed by atoms with E-state index in [1.165, 1.54) is 0 Å². The second-order valence-electron chi connectivity index (χ2n) is 9.07. The van der Waals surface area contributed by atoms with Crippen molar-refractivity contribution in [3.05, 3.63) is 87.1 Å². The number of carbonyl (C=O) groups is 2. The van der Waals surface area contributed by atoms with Crippen LogP contribution in [0.5, 0.6) is 0 Å². The fourth-order valence-electron chi connectivity index (χ4n) is 5.00. The maximum absolute atomic E-state index is 13.9. The van der Waals surface area contributed by atoms with Gasteiger partial charge in [0, 0.05) is 10.9 Å². The molecule has 1 fully saturated rings. The third-order valence-electron chi connectivity index (χ3n) is 6.37. The Morgan fingerprint density at radius 3 is 2.27 bits per heavy atom. The van der Waals surface area contributed by atoms with Gasteiger partial charge in [-0.3, -0.25) is 14.5 Å². The topological polar surface area (TPSA) is 49.4 Å². The van der Waals surface area contributed by atoms with Crippen molar-refractivity contribution in [3.63, 3.8) is 0 Å². The number of benzene rings is 2. The number of hydrogen-bond donors (Lipinski definition) is 1. The van der Waals surface area contributed by atoms with Gasteiger partial charge in [-0.2, -0.15) is 0 Å². The first kappa shape index (κ1) is 23.2. The van der Waals surface area contributed by atoms with Gasteiger partial charge in [0.1, 0.15) is 6.04 Å². The molecule has 4 nitrogen and oxygen atoms in total. The quantitative estimate of drug-likeness (QED) is 0.467. The molecule has 1 unspecified atom stereocenters. The van der Waals surface area contributed by atoms with Crippen molar-refractivity contribution < 1.29 is 9.59 Å². The number of aryl methyl sites for hydroxylation is 3. The predicted octanol–water partition coefficient (Wildman–Crippen LogP) is 6.05. The Labute approximate surface area is 200 Å². The van der Waals surface area contributed by atoms with Gasteiger partial charge in [-0.25, -0.2) is 0 Å². The molecule has 33 heavy (non-hydrogen) atoms. The summed E-state index contributed by atoms with van der Waals surface area (Å²) >= 11 is 1.57. The molecule has 172 valence electrons. The molecule has 3 aromatic rings. The predicted molar refractivity (Wildman–Crippen MR) is 136 cm³/mol. The van der Waals surface area contributed by atoms with E-state index in [2.05, 4.69) is 24.4 Å². The Morgan fingerprint density at radius 1 is 1.00 bits per heavy atom. The first-order chi connectivity index (χ1) is 15.9. The van der Waals surface area contributed by atoms with Crippen LogP contribution in [0.1, 0.15) is 58.9 Å². The summed E-state index contributed by atoms with van der Waals surface area (Å²) in [5, 5.41) is 5.24. The Kier molecular flexibility index (Phi) is 7.29. The highest BCUT2D eigenvalue weighted by Crippen LogP contribution is 2.35. The number of nitrogens with one attached hydrogen (secondary N) is 1. The number of thiophene rings is 1. The third kappa shape index (κ3) is 5.36. The van der Waals surface area contributed by atoms with Crippen LogP contribution in [0.3, 0.4) is 0 Å². The summed E-state index contributed by atoms with van der Waals surface area (Å²) < 4.78 is 0. The fraction of sp³-hybridized carbons (Fsp3) is 0.357. The van der Waals surface area contributed by atoms with E-state index in [9.17, 15) is 9.59 Å². The lowest BCUT2D eigenvalue weighted by atomic mass is 9.97. The van der Waals surface area contributed by atoms with Gasteiger partial charge in [0.25, 0.3) is 0 Å². The number of rotatable bonds is 7. The van der Waals surface area contributed by atoms with Crippen molar-refractivity contribution in [1.82, 2.24) is 5.32 Å². The highest BCUT2D eigenvalue weighted by Gasteiger charge is 2.35. The molecule has 1 N–H and O–H groups in total. The van der Waals surface area contributed by atoms with E-state index < -0.39 is 6.04 Å². The summed E-state index contributed by atoms with van der Waals surface area (Å²) in [6.45, 7) is 6.11. The minimum Gasteiger partial charge on any atom is -0.351 e. The molecule has 1 aromatic heterocycles. The minimum atomic E-state index is -0.723. The van der Waals surface area contributed by atoms with E-state index in [1.54, 1.807) is 16.2 Å². The average Bonchev–Trinajstić information content (AvgIpc) is 3.47. The van der Waals surface area contributed by atoms with Gasteiger partial charge < -0.3 is 5.32 Å². The van der Waals surface area contributed by atoms with Crippen molar-refractivity contribution in [2.24, 2.45) is 0 Å². The van der Waals surface area contributed by atoms with Crippen molar-refractivity contribution in [3.8, 4) is 0 Å². The smallest absolute Gasteiger partial charge is 0.248 e. The van der Waals surface area contributed by atoms with Crippen LogP contribution in [0.4, 0.5) is 5.69 Å². The number of nitrogens with zero attached hydrogens (tertiary/aromatic N) is 1. The molecule has 0 bridgehead atoms. The number of carbonyl (C=O) groups excluding carboxylic acids is 2. The number of hydrogen-bond acceptors (Lipinski definition) is 3. The number of anilines is 1. The van der Waals surface area contributed by atoms with E-state index in [0.717, 1.165) is 58.5 Å². The maximum atomic E-state index is 13.9. The Morgan fingerprint density at radius 2 is 1.67 bits per heavy atom. The zero-order valence-electron chi connectivity index (χ0n) is 19.6. The van der Waals surface area contributed by atoms with Crippen LogP contribution in [0.2, 0.25) is 0 Å². The maximum Gasteiger partial charge on any atom is 0.248 e. The Bertz CT molecular complexity index is 1080. The van der Waals surface area contributed by atoms with E-state index in [4.69, 9.17) is 0 Å². The van der Waals surface area contributed by atoms with Crippen molar-refractivity contribution in [2.75, 3.05) is 4.90 Å². The summed E-state index contributed by atoms with van der Waals surface area (Å²) in [5.74, 6) is -0.171. The van der Waals surface area contributed by atoms with Gasteiger partial charge in [-0.1, -0.05) is 66.9 Å². The van der Waals surface area contributed by atoms with Crippen molar-refractivity contribution in [1.29, 1.82) is 0 Å². The molecule has 1 heterocycles. The molecule has 0 radical (unpaired) electrons. The van der Waals surface area contributed by atoms with E-state index in [-0.39, 0.29) is 24.3 Å². The summed E-state index contributed by atoms with van der Waals surface area (Å²) in [7, 11) is 0. The first-order valence-electron chi connectivity index (χ1n) is 11.7. The molecule has 1 saturated carbocycles. The molecule has 1 atom stereocenters. The van der Waals surface area contributed by atoms with Gasteiger partial charge in [-0.15, -0.1) is 11.3 Å². The molecule has 0 saturated heterocycles. The SMILES string of the molecule is Cc1cc(C)c(N(C(=O)Cc2cccs2)C(C(=O)NC2CCCC2)c2ccccc2)c(C)c1. The van der Waals surface area contributed by atoms with Gasteiger partial charge in [0.05, 0.1) is 12.1 Å². The van der Waals surface area contributed by atoms with Crippen LogP contribution in [0.15, 0.2) is 60.0 Å². The van der Waals surface area contributed by atoms with Crippen LogP contribution >= 0.6 is 11.3 Å². The molecule has 0 spiro atoms. The summed E-state index contributed by atoms with van der Waals surface area (Å²) in [5.41, 5.74) is 4.80. The van der Waals surface area contributed by atoms with Crippen molar-refractivity contribution >= 4 is 28.8 Å². The average molecular weight is 461 g/mol. The lowest BCUT2D eigenvalue weighted by Crippen LogP contribution is -2.47. The monoisotopic (exact) mass is 460 g/mol. The van der Waals surface area contributed by atoms with Crippen LogP contribution in [0.25, 0.3) is 0 Å². The summed E-state index contributed by atoms with van der Waals surface area (Å²) in [6.07, 6.45) is 4.54. The van der Waals surface area contributed by atoms with E-state index in [1.807, 2.05) is 61.7 Å². The first-order valence-corrected chi connectivity index (χ1v) is 12.6. The van der Waals surface area contributed by atoms with Crippen LogP contribution in [-0.4, -0.2) is 17.9 Å². The van der Waals surface area contributed by atoms with Gasteiger partial charge in [0.2, 0.25) is 11.8 Å². The lowest BCUT2D eigenvalue weighted by Gasteiger charge is -2.34. The normalized spacial score (nSPS) is 14.8.